The average Bonchev–Trinajstić information content (AvgIpc) is 3.34. The molecule has 0 saturated carbocycles. The van der Waals surface area contributed by atoms with Gasteiger partial charge in [0.15, 0.2) is 0 Å². The van der Waals surface area contributed by atoms with Crippen LogP contribution in [0, 0.1) is 11.3 Å². The fourth-order valence-electron chi connectivity index (χ4n) is 3.49. The summed E-state index contributed by atoms with van der Waals surface area (Å²) >= 11 is 0. The smallest absolute Gasteiger partial charge is 0.236 e. The van der Waals surface area contributed by atoms with Crippen molar-refractivity contribution in [3.05, 3.63) is 30.9 Å². The van der Waals surface area contributed by atoms with E-state index in [9.17, 15) is 4.79 Å². The molecule has 0 radical (unpaired) electrons. The number of carbonyl (C=O) groups excluding carboxylic acids is 1. The lowest BCUT2D eigenvalue weighted by atomic mass is 10.0. The molecule has 1 fully saturated rings. The third-order valence-corrected chi connectivity index (χ3v) is 4.75. The highest BCUT2D eigenvalue weighted by atomic mass is 16.2. The minimum absolute atomic E-state index is 0.0652. The van der Waals surface area contributed by atoms with Crippen molar-refractivity contribution < 1.29 is 4.79 Å². The Balaban J connectivity index is 1.64. The van der Waals surface area contributed by atoms with Crippen LogP contribution in [0.25, 0.3) is 22.2 Å². The van der Waals surface area contributed by atoms with Crippen molar-refractivity contribution in [2.45, 2.75) is 25.3 Å². The predicted molar refractivity (Wildman–Crippen MR) is 97.1 cm³/mol. The second-order valence-electron chi connectivity index (χ2n) is 6.43. The number of H-pyrrole nitrogens is 2. The van der Waals surface area contributed by atoms with Crippen LogP contribution in [0.15, 0.2) is 30.9 Å². The van der Waals surface area contributed by atoms with E-state index in [1.54, 1.807) is 11.1 Å². The van der Waals surface area contributed by atoms with Crippen LogP contribution in [0.3, 0.4) is 0 Å². The lowest BCUT2D eigenvalue weighted by Gasteiger charge is -2.34. The Kier molecular flexibility index (Phi) is 4.27. The van der Waals surface area contributed by atoms with Gasteiger partial charge in [0.1, 0.15) is 12.1 Å². The monoisotopic (exact) mass is 349 g/mol. The van der Waals surface area contributed by atoms with Crippen molar-refractivity contribution in [1.82, 2.24) is 25.1 Å². The maximum Gasteiger partial charge on any atom is 0.236 e. The third kappa shape index (κ3) is 2.99. The lowest BCUT2D eigenvalue weighted by molar-refractivity contribution is -0.131. The first kappa shape index (κ1) is 16.1. The molecule has 4 heterocycles. The highest BCUT2D eigenvalue weighted by Crippen LogP contribution is 2.34. The van der Waals surface area contributed by atoms with Gasteiger partial charge < -0.3 is 15.2 Å². The van der Waals surface area contributed by atoms with E-state index in [0.717, 1.165) is 40.7 Å². The quantitative estimate of drug-likeness (QED) is 0.668. The number of likely N-dealkylation sites (tertiary alicyclic amines) is 1. The summed E-state index contributed by atoms with van der Waals surface area (Å²) < 4.78 is 0. The number of hydrogen-bond acceptors (Lipinski definition) is 5. The number of pyridine rings is 1. The molecule has 1 amide bonds. The molecule has 1 aliphatic rings. The predicted octanol–water partition coefficient (Wildman–Crippen LogP) is 2.27. The van der Waals surface area contributed by atoms with Crippen molar-refractivity contribution in [2.75, 3.05) is 18.4 Å². The Bertz CT molecular complexity index is 954. The maximum absolute atomic E-state index is 12.1. The molecule has 0 aromatic carbocycles. The standard InChI is InChI=1S/C18H19N7O/c19-5-3-16(26)25-7-1-2-13(11-25)24-17-14-4-6-20-18(14)21-10-15(17)12-8-22-23-9-12/h4,6,8-10,13H,1-3,7,11H2,(H,22,23)(H2,20,21,24)/t13-/m0/s1. The second-order valence-corrected chi connectivity index (χ2v) is 6.43. The molecular weight excluding hydrogens is 330 g/mol. The molecule has 26 heavy (non-hydrogen) atoms. The lowest BCUT2D eigenvalue weighted by Crippen LogP contribution is -2.45. The molecule has 0 bridgehead atoms. The molecule has 8 heteroatoms. The summed E-state index contributed by atoms with van der Waals surface area (Å²) in [6.45, 7) is 1.31. The number of nitrogens with zero attached hydrogens (tertiary/aromatic N) is 4. The van der Waals surface area contributed by atoms with Gasteiger partial charge in [-0.2, -0.15) is 10.4 Å². The van der Waals surface area contributed by atoms with E-state index in [-0.39, 0.29) is 18.4 Å². The summed E-state index contributed by atoms with van der Waals surface area (Å²) in [6, 6.07) is 4.06. The first-order valence-electron chi connectivity index (χ1n) is 8.63. The number of hydrogen-bond donors (Lipinski definition) is 3. The van der Waals surface area contributed by atoms with E-state index in [0.29, 0.717) is 13.1 Å². The van der Waals surface area contributed by atoms with Crippen LogP contribution in [-0.4, -0.2) is 50.1 Å². The molecule has 3 N–H and O–H groups in total. The zero-order chi connectivity index (χ0) is 17.9. The zero-order valence-electron chi connectivity index (χ0n) is 14.2. The van der Waals surface area contributed by atoms with Gasteiger partial charge in [-0.3, -0.25) is 9.89 Å². The van der Waals surface area contributed by atoms with Gasteiger partial charge in [0.2, 0.25) is 5.91 Å². The summed E-state index contributed by atoms with van der Waals surface area (Å²) in [5.41, 5.74) is 3.72. The molecule has 0 aliphatic carbocycles. The molecular formula is C18H19N7O. The van der Waals surface area contributed by atoms with E-state index in [1.165, 1.54) is 0 Å². The van der Waals surface area contributed by atoms with Crippen molar-refractivity contribution in [3.63, 3.8) is 0 Å². The fourth-order valence-corrected chi connectivity index (χ4v) is 3.49. The van der Waals surface area contributed by atoms with Crippen LogP contribution in [0.2, 0.25) is 0 Å². The molecule has 3 aromatic rings. The highest BCUT2D eigenvalue weighted by molar-refractivity contribution is 5.98. The van der Waals surface area contributed by atoms with Gasteiger partial charge in [0.25, 0.3) is 0 Å². The number of carbonyl (C=O) groups is 1. The van der Waals surface area contributed by atoms with Crippen LogP contribution in [-0.2, 0) is 4.79 Å². The van der Waals surface area contributed by atoms with Gasteiger partial charge in [-0.25, -0.2) is 4.98 Å². The van der Waals surface area contributed by atoms with Gasteiger partial charge in [0.05, 0.1) is 18.0 Å². The van der Waals surface area contributed by atoms with Gasteiger partial charge >= 0.3 is 0 Å². The Morgan fingerprint density at radius 1 is 1.46 bits per heavy atom. The van der Waals surface area contributed by atoms with Crippen molar-refractivity contribution in [1.29, 1.82) is 5.26 Å². The van der Waals surface area contributed by atoms with E-state index in [4.69, 9.17) is 5.26 Å². The number of amides is 1. The SMILES string of the molecule is N#CCC(=O)N1CCC[C@H](Nc2c(-c3cn[nH]c3)cnc3[nH]ccc23)C1. The third-order valence-electron chi connectivity index (χ3n) is 4.75. The summed E-state index contributed by atoms with van der Waals surface area (Å²) in [5.74, 6) is -0.101. The van der Waals surface area contributed by atoms with E-state index in [1.807, 2.05) is 30.7 Å². The Labute approximate surface area is 150 Å². The van der Waals surface area contributed by atoms with Crippen molar-refractivity contribution in [2.24, 2.45) is 0 Å². The van der Waals surface area contributed by atoms with Crippen LogP contribution >= 0.6 is 0 Å². The topological polar surface area (TPSA) is 113 Å². The van der Waals surface area contributed by atoms with E-state index < -0.39 is 0 Å². The zero-order valence-corrected chi connectivity index (χ0v) is 14.2. The molecule has 8 nitrogen and oxygen atoms in total. The number of anilines is 1. The molecule has 1 aliphatic heterocycles. The van der Waals surface area contributed by atoms with Gasteiger partial charge in [-0.1, -0.05) is 0 Å². The normalized spacial score (nSPS) is 17.2. The minimum Gasteiger partial charge on any atom is -0.379 e. The summed E-state index contributed by atoms with van der Waals surface area (Å²) in [4.78, 5) is 21.5. The number of nitrogens with one attached hydrogen (secondary N) is 3. The number of piperidine rings is 1. The molecule has 132 valence electrons. The summed E-state index contributed by atoms with van der Waals surface area (Å²) in [7, 11) is 0. The van der Waals surface area contributed by atoms with E-state index >= 15 is 0 Å². The highest BCUT2D eigenvalue weighted by Gasteiger charge is 2.25. The van der Waals surface area contributed by atoms with Crippen molar-refractivity contribution in [3.8, 4) is 17.2 Å². The van der Waals surface area contributed by atoms with E-state index in [2.05, 4.69) is 25.5 Å². The largest absolute Gasteiger partial charge is 0.379 e. The molecule has 3 aromatic heterocycles. The number of aromatic amines is 2. The molecule has 1 atom stereocenters. The number of aromatic nitrogens is 4. The molecule has 4 rings (SSSR count). The van der Waals surface area contributed by atoms with Gasteiger partial charge in [0, 0.05) is 54.2 Å². The van der Waals surface area contributed by atoms with Crippen LogP contribution < -0.4 is 5.32 Å². The molecule has 1 saturated heterocycles. The summed E-state index contributed by atoms with van der Waals surface area (Å²) in [6.07, 6.45) is 9.12. The van der Waals surface area contributed by atoms with Crippen molar-refractivity contribution >= 4 is 22.6 Å². The number of fused-ring (bicyclic) bond motifs is 1. The maximum atomic E-state index is 12.1. The number of nitriles is 1. The van der Waals surface area contributed by atoms with Gasteiger partial charge in [-0.15, -0.1) is 0 Å². The minimum atomic E-state index is -0.101. The Morgan fingerprint density at radius 2 is 2.38 bits per heavy atom. The summed E-state index contributed by atoms with van der Waals surface area (Å²) in [5, 5.41) is 20.3. The Morgan fingerprint density at radius 3 is 3.19 bits per heavy atom. The number of rotatable bonds is 4. The first-order valence-corrected chi connectivity index (χ1v) is 8.63. The first-order chi connectivity index (χ1) is 12.8. The van der Waals surface area contributed by atoms with Gasteiger partial charge in [-0.05, 0) is 18.9 Å². The van der Waals surface area contributed by atoms with Crippen LogP contribution in [0.4, 0.5) is 5.69 Å². The molecule has 0 spiro atoms. The second kappa shape index (κ2) is 6.88. The van der Waals surface area contributed by atoms with Crippen LogP contribution in [0.5, 0.6) is 0 Å². The fraction of sp³-hybridized carbons (Fsp3) is 0.333. The van der Waals surface area contributed by atoms with Crippen LogP contribution in [0.1, 0.15) is 19.3 Å². The average molecular weight is 349 g/mol. The molecule has 0 unspecified atom stereocenters. The Hall–Kier alpha value is -3.34.